The number of hydrogen-bond acceptors (Lipinski definition) is 5. The van der Waals surface area contributed by atoms with Crippen molar-refractivity contribution in [2.45, 2.75) is 26.7 Å². The van der Waals surface area contributed by atoms with Gasteiger partial charge in [-0.3, -0.25) is 0 Å². The highest BCUT2D eigenvalue weighted by atomic mass is 19.3. The molecule has 0 saturated heterocycles. The van der Waals surface area contributed by atoms with E-state index in [9.17, 15) is 8.78 Å². The summed E-state index contributed by atoms with van der Waals surface area (Å²) >= 11 is 0. The Labute approximate surface area is 92.0 Å². The van der Waals surface area contributed by atoms with Gasteiger partial charge in [0.05, 0.1) is 5.56 Å². The van der Waals surface area contributed by atoms with Crippen molar-refractivity contribution in [2.75, 3.05) is 12.0 Å². The minimum absolute atomic E-state index is 0.139. The van der Waals surface area contributed by atoms with Gasteiger partial charge in [0.25, 0.3) is 6.43 Å². The van der Waals surface area contributed by atoms with Crippen molar-refractivity contribution < 1.29 is 13.5 Å². The molecule has 1 aromatic rings. The van der Waals surface area contributed by atoms with E-state index < -0.39 is 13.0 Å². The van der Waals surface area contributed by atoms with Crippen molar-refractivity contribution in [1.29, 1.82) is 0 Å². The Kier molecular flexibility index (Phi) is 4.36. The molecule has 90 valence electrons. The first-order chi connectivity index (χ1) is 7.58. The standard InChI is InChI=1S/C9H14F2N4O/c1-3-7-13-8(15-12)5(2)9(14-7)16-4-6(10)11/h6H,3-4,12H2,1-2H3,(H,13,14,15). The van der Waals surface area contributed by atoms with Crippen molar-refractivity contribution in [1.82, 2.24) is 9.97 Å². The number of aryl methyl sites for hydroxylation is 1. The predicted octanol–water partition coefficient (Wildman–Crippen LogP) is 1.28. The number of alkyl halides is 2. The summed E-state index contributed by atoms with van der Waals surface area (Å²) in [6.07, 6.45) is -1.96. The average molecular weight is 232 g/mol. The van der Waals surface area contributed by atoms with Crippen LogP contribution in [0.3, 0.4) is 0 Å². The van der Waals surface area contributed by atoms with Crippen molar-refractivity contribution >= 4 is 5.82 Å². The topological polar surface area (TPSA) is 73.1 Å². The second-order valence-electron chi connectivity index (χ2n) is 3.12. The molecule has 0 bridgehead atoms. The molecule has 0 aliphatic rings. The van der Waals surface area contributed by atoms with Crippen LogP contribution in [0.5, 0.6) is 5.88 Å². The summed E-state index contributed by atoms with van der Waals surface area (Å²) in [5.74, 6) is 6.27. The summed E-state index contributed by atoms with van der Waals surface area (Å²) in [7, 11) is 0. The number of ether oxygens (including phenoxy) is 1. The summed E-state index contributed by atoms with van der Waals surface area (Å²) in [5.41, 5.74) is 2.89. The van der Waals surface area contributed by atoms with Gasteiger partial charge in [-0.2, -0.15) is 4.98 Å². The van der Waals surface area contributed by atoms with Gasteiger partial charge in [0, 0.05) is 6.42 Å². The largest absolute Gasteiger partial charge is 0.471 e. The van der Waals surface area contributed by atoms with Crippen molar-refractivity contribution in [2.24, 2.45) is 5.84 Å². The van der Waals surface area contributed by atoms with Gasteiger partial charge in [-0.25, -0.2) is 19.6 Å². The van der Waals surface area contributed by atoms with Crippen LogP contribution in [0.15, 0.2) is 0 Å². The first-order valence-electron chi connectivity index (χ1n) is 4.83. The minimum Gasteiger partial charge on any atom is -0.471 e. The van der Waals surface area contributed by atoms with E-state index in [2.05, 4.69) is 15.4 Å². The number of halogens is 2. The average Bonchev–Trinajstić information content (AvgIpc) is 2.27. The fourth-order valence-electron chi connectivity index (χ4n) is 1.12. The molecule has 3 N–H and O–H groups in total. The van der Waals surface area contributed by atoms with E-state index in [1.165, 1.54) is 0 Å². The van der Waals surface area contributed by atoms with Crippen LogP contribution in [-0.2, 0) is 6.42 Å². The van der Waals surface area contributed by atoms with Gasteiger partial charge in [0.2, 0.25) is 5.88 Å². The molecule has 1 heterocycles. The Morgan fingerprint density at radius 3 is 2.62 bits per heavy atom. The third-order valence-electron chi connectivity index (χ3n) is 1.95. The number of nitrogens with one attached hydrogen (secondary N) is 1. The second-order valence-corrected chi connectivity index (χ2v) is 3.12. The summed E-state index contributed by atoms with van der Waals surface area (Å²) in [6, 6.07) is 0. The van der Waals surface area contributed by atoms with Gasteiger partial charge in [0.1, 0.15) is 11.6 Å². The van der Waals surface area contributed by atoms with Crippen LogP contribution in [0.4, 0.5) is 14.6 Å². The van der Waals surface area contributed by atoms with Crippen molar-refractivity contribution in [3.63, 3.8) is 0 Å². The molecule has 0 unspecified atom stereocenters. The molecule has 0 saturated carbocycles. The van der Waals surface area contributed by atoms with E-state index in [0.717, 1.165) is 0 Å². The highest BCUT2D eigenvalue weighted by Crippen LogP contribution is 2.21. The van der Waals surface area contributed by atoms with E-state index in [1.807, 2.05) is 6.92 Å². The lowest BCUT2D eigenvalue weighted by Gasteiger charge is -2.11. The van der Waals surface area contributed by atoms with Crippen LogP contribution in [0, 0.1) is 6.92 Å². The molecule has 0 radical (unpaired) electrons. The number of hydrogen-bond donors (Lipinski definition) is 2. The van der Waals surface area contributed by atoms with Crippen LogP contribution in [0.1, 0.15) is 18.3 Å². The third kappa shape index (κ3) is 2.99. The number of anilines is 1. The van der Waals surface area contributed by atoms with Crippen LogP contribution >= 0.6 is 0 Å². The molecule has 5 nitrogen and oxygen atoms in total. The van der Waals surface area contributed by atoms with Gasteiger partial charge in [0.15, 0.2) is 6.61 Å². The van der Waals surface area contributed by atoms with Crippen LogP contribution < -0.4 is 16.0 Å². The van der Waals surface area contributed by atoms with Crippen molar-refractivity contribution in [3.05, 3.63) is 11.4 Å². The molecule has 1 aromatic heterocycles. The molecule has 0 spiro atoms. The monoisotopic (exact) mass is 232 g/mol. The summed E-state index contributed by atoms with van der Waals surface area (Å²) < 4.78 is 28.9. The number of nitrogens with two attached hydrogens (primary N) is 1. The molecule has 1 rings (SSSR count). The zero-order valence-corrected chi connectivity index (χ0v) is 9.13. The van der Waals surface area contributed by atoms with Gasteiger partial charge in [-0.05, 0) is 6.92 Å². The number of hydrazine groups is 1. The van der Waals surface area contributed by atoms with Gasteiger partial charge >= 0.3 is 0 Å². The van der Waals surface area contributed by atoms with Crippen LogP contribution in [0.2, 0.25) is 0 Å². The molecule has 7 heteroatoms. The predicted molar refractivity (Wildman–Crippen MR) is 55.5 cm³/mol. The molecular formula is C9H14F2N4O. The zero-order valence-electron chi connectivity index (χ0n) is 9.13. The fraction of sp³-hybridized carbons (Fsp3) is 0.556. The maximum atomic E-state index is 12.0. The Morgan fingerprint density at radius 2 is 2.12 bits per heavy atom. The van der Waals surface area contributed by atoms with E-state index in [0.29, 0.717) is 23.6 Å². The lowest BCUT2D eigenvalue weighted by atomic mass is 10.3. The Balaban J connectivity index is 2.96. The van der Waals surface area contributed by atoms with E-state index in [4.69, 9.17) is 10.6 Å². The number of aromatic nitrogens is 2. The van der Waals surface area contributed by atoms with E-state index in [-0.39, 0.29) is 5.88 Å². The fourth-order valence-corrected chi connectivity index (χ4v) is 1.12. The molecule has 16 heavy (non-hydrogen) atoms. The smallest absolute Gasteiger partial charge is 0.272 e. The molecule has 0 aliphatic heterocycles. The first-order valence-corrected chi connectivity index (χ1v) is 4.83. The van der Waals surface area contributed by atoms with Gasteiger partial charge in [-0.1, -0.05) is 6.92 Å². The number of nitrogen functional groups attached to an aromatic ring is 1. The SMILES string of the molecule is CCc1nc(NN)c(C)c(OCC(F)F)n1. The van der Waals surface area contributed by atoms with Crippen LogP contribution in [-0.4, -0.2) is 23.0 Å². The zero-order chi connectivity index (χ0) is 12.1. The van der Waals surface area contributed by atoms with Crippen LogP contribution in [0.25, 0.3) is 0 Å². The number of rotatable bonds is 5. The third-order valence-corrected chi connectivity index (χ3v) is 1.95. The second kappa shape index (κ2) is 5.55. The highest BCUT2D eigenvalue weighted by molar-refractivity contribution is 5.47. The Morgan fingerprint density at radius 1 is 1.44 bits per heavy atom. The molecular weight excluding hydrogens is 218 g/mol. The van der Waals surface area contributed by atoms with Gasteiger partial charge in [-0.15, -0.1) is 0 Å². The highest BCUT2D eigenvalue weighted by Gasteiger charge is 2.12. The van der Waals surface area contributed by atoms with Gasteiger partial charge < -0.3 is 10.2 Å². The Hall–Kier alpha value is -1.50. The molecule has 0 atom stereocenters. The van der Waals surface area contributed by atoms with E-state index in [1.54, 1.807) is 6.92 Å². The quantitative estimate of drug-likeness (QED) is 0.591. The molecule has 0 aliphatic carbocycles. The summed E-state index contributed by atoms with van der Waals surface area (Å²) in [6.45, 7) is 2.81. The maximum Gasteiger partial charge on any atom is 0.272 e. The summed E-state index contributed by atoms with van der Waals surface area (Å²) in [4.78, 5) is 8.09. The first kappa shape index (κ1) is 12.6. The lowest BCUT2D eigenvalue weighted by molar-refractivity contribution is 0.0790. The lowest BCUT2D eigenvalue weighted by Crippen LogP contribution is -2.15. The molecule has 0 fully saturated rings. The summed E-state index contributed by atoms with van der Waals surface area (Å²) in [5, 5.41) is 0. The molecule has 0 amide bonds. The minimum atomic E-state index is -2.53. The normalized spacial score (nSPS) is 10.6. The van der Waals surface area contributed by atoms with E-state index >= 15 is 0 Å². The Bertz CT molecular complexity index is 360. The molecule has 0 aromatic carbocycles. The number of nitrogens with zero attached hydrogens (tertiary/aromatic N) is 2. The maximum absolute atomic E-state index is 12.0. The van der Waals surface area contributed by atoms with Crippen molar-refractivity contribution in [3.8, 4) is 5.88 Å².